The maximum absolute atomic E-state index is 14.1. The summed E-state index contributed by atoms with van der Waals surface area (Å²) < 4.78 is 20.1. The SMILES string of the molecule is O=C(NCC1Cc2cc(F)cc(-c3cncnc3)c2O1)c1cc(C2CC2)[nH]n1. The van der Waals surface area contributed by atoms with Crippen molar-refractivity contribution >= 4 is 5.91 Å². The third-order valence-corrected chi connectivity index (χ3v) is 5.07. The lowest BCUT2D eigenvalue weighted by Gasteiger charge is -2.13. The highest BCUT2D eigenvalue weighted by Gasteiger charge is 2.29. The molecule has 1 aliphatic heterocycles. The first kappa shape index (κ1) is 16.9. The number of fused-ring (bicyclic) bond motifs is 1. The van der Waals surface area contributed by atoms with Crippen molar-refractivity contribution in [2.45, 2.75) is 31.3 Å². The van der Waals surface area contributed by atoms with Gasteiger partial charge in [0.1, 0.15) is 29.7 Å². The van der Waals surface area contributed by atoms with Gasteiger partial charge in [-0.25, -0.2) is 14.4 Å². The minimum absolute atomic E-state index is 0.245. The van der Waals surface area contributed by atoms with Crippen LogP contribution in [-0.2, 0) is 6.42 Å². The molecule has 142 valence electrons. The summed E-state index contributed by atoms with van der Waals surface area (Å²) in [6.45, 7) is 0.311. The van der Waals surface area contributed by atoms with Crippen LogP contribution in [0.2, 0.25) is 0 Å². The number of aromatic amines is 1. The van der Waals surface area contributed by atoms with Crippen LogP contribution in [0.1, 0.15) is 40.5 Å². The molecule has 2 N–H and O–H groups in total. The highest BCUT2D eigenvalue weighted by molar-refractivity contribution is 5.92. The monoisotopic (exact) mass is 379 g/mol. The van der Waals surface area contributed by atoms with Gasteiger partial charge in [0.2, 0.25) is 0 Å². The number of benzene rings is 1. The first-order valence-electron chi connectivity index (χ1n) is 9.25. The fourth-order valence-corrected chi connectivity index (χ4v) is 3.51. The number of hydrogen-bond donors (Lipinski definition) is 2. The van der Waals surface area contributed by atoms with E-state index < -0.39 is 0 Å². The zero-order valence-corrected chi connectivity index (χ0v) is 15.0. The number of ether oxygens (including phenoxy) is 1. The first-order valence-corrected chi connectivity index (χ1v) is 9.25. The van der Waals surface area contributed by atoms with Crippen molar-refractivity contribution in [3.8, 4) is 16.9 Å². The Morgan fingerprint density at radius 1 is 1.25 bits per heavy atom. The fraction of sp³-hybridized carbons (Fsp3) is 0.300. The molecule has 0 spiro atoms. The Kier molecular flexibility index (Phi) is 4.03. The Balaban J connectivity index is 1.28. The van der Waals surface area contributed by atoms with Gasteiger partial charge in [0.15, 0.2) is 0 Å². The van der Waals surface area contributed by atoms with Gasteiger partial charge in [-0.15, -0.1) is 0 Å². The molecule has 2 aliphatic rings. The number of nitrogens with zero attached hydrogens (tertiary/aromatic N) is 3. The quantitative estimate of drug-likeness (QED) is 0.711. The van der Waals surface area contributed by atoms with Crippen LogP contribution in [0.15, 0.2) is 36.9 Å². The van der Waals surface area contributed by atoms with Crippen LogP contribution in [0, 0.1) is 5.82 Å². The van der Waals surface area contributed by atoms with E-state index in [2.05, 4.69) is 25.5 Å². The second kappa shape index (κ2) is 6.70. The van der Waals surface area contributed by atoms with Gasteiger partial charge in [0.05, 0.1) is 6.54 Å². The summed E-state index contributed by atoms with van der Waals surface area (Å²) in [5.74, 6) is 0.545. The van der Waals surface area contributed by atoms with E-state index in [1.807, 2.05) is 0 Å². The molecule has 3 aromatic rings. The zero-order valence-electron chi connectivity index (χ0n) is 15.0. The molecule has 0 saturated heterocycles. The van der Waals surface area contributed by atoms with E-state index in [4.69, 9.17) is 4.74 Å². The third kappa shape index (κ3) is 3.21. The molecule has 0 bridgehead atoms. The molecule has 0 radical (unpaired) electrons. The molecule has 1 aromatic carbocycles. The van der Waals surface area contributed by atoms with Gasteiger partial charge in [-0.1, -0.05) is 0 Å². The summed E-state index contributed by atoms with van der Waals surface area (Å²) in [5.41, 5.74) is 3.47. The summed E-state index contributed by atoms with van der Waals surface area (Å²) in [6.07, 6.45) is 7.19. The maximum atomic E-state index is 14.1. The number of amides is 1. The van der Waals surface area contributed by atoms with E-state index in [-0.39, 0.29) is 17.8 Å². The summed E-state index contributed by atoms with van der Waals surface area (Å²) >= 11 is 0. The van der Waals surface area contributed by atoms with Crippen molar-refractivity contribution in [2.75, 3.05) is 6.54 Å². The molecule has 1 aliphatic carbocycles. The summed E-state index contributed by atoms with van der Waals surface area (Å²) in [5, 5.41) is 9.87. The molecule has 7 nitrogen and oxygen atoms in total. The minimum Gasteiger partial charge on any atom is -0.487 e. The molecule has 1 unspecified atom stereocenters. The molecule has 1 atom stereocenters. The number of aromatic nitrogens is 4. The lowest BCUT2D eigenvalue weighted by Crippen LogP contribution is -2.34. The largest absolute Gasteiger partial charge is 0.487 e. The number of nitrogens with one attached hydrogen (secondary N) is 2. The Hall–Kier alpha value is -3.29. The van der Waals surface area contributed by atoms with Crippen molar-refractivity contribution in [3.05, 3.63) is 59.7 Å². The predicted molar refractivity (Wildman–Crippen MR) is 98.4 cm³/mol. The number of carbonyl (C=O) groups is 1. The van der Waals surface area contributed by atoms with E-state index in [0.717, 1.165) is 24.1 Å². The molecule has 8 heteroatoms. The fourth-order valence-electron chi connectivity index (χ4n) is 3.51. The van der Waals surface area contributed by atoms with Crippen molar-refractivity contribution < 1.29 is 13.9 Å². The Morgan fingerprint density at radius 3 is 2.86 bits per heavy atom. The Morgan fingerprint density at radius 2 is 2.07 bits per heavy atom. The molecular weight excluding hydrogens is 361 g/mol. The second-order valence-electron chi connectivity index (χ2n) is 7.21. The molecule has 3 heterocycles. The van der Waals surface area contributed by atoms with Crippen molar-refractivity contribution in [3.63, 3.8) is 0 Å². The van der Waals surface area contributed by atoms with Crippen molar-refractivity contribution in [2.24, 2.45) is 0 Å². The second-order valence-corrected chi connectivity index (χ2v) is 7.21. The van der Waals surface area contributed by atoms with Gasteiger partial charge in [0, 0.05) is 47.1 Å². The number of hydrogen-bond acceptors (Lipinski definition) is 5. The van der Waals surface area contributed by atoms with Crippen LogP contribution in [-0.4, -0.2) is 38.7 Å². The predicted octanol–water partition coefficient (Wildman–Crippen LogP) is 2.62. The van der Waals surface area contributed by atoms with Gasteiger partial charge >= 0.3 is 0 Å². The highest BCUT2D eigenvalue weighted by atomic mass is 19.1. The van der Waals surface area contributed by atoms with Crippen LogP contribution in [0.3, 0.4) is 0 Å². The molecule has 1 fully saturated rings. The lowest BCUT2D eigenvalue weighted by molar-refractivity contribution is 0.0928. The summed E-state index contributed by atoms with van der Waals surface area (Å²) in [4.78, 5) is 20.3. The van der Waals surface area contributed by atoms with Gasteiger partial charge in [-0.2, -0.15) is 5.10 Å². The molecule has 28 heavy (non-hydrogen) atoms. The van der Waals surface area contributed by atoms with E-state index in [1.54, 1.807) is 18.5 Å². The van der Waals surface area contributed by atoms with Crippen LogP contribution < -0.4 is 10.1 Å². The zero-order chi connectivity index (χ0) is 19.1. The van der Waals surface area contributed by atoms with E-state index in [9.17, 15) is 9.18 Å². The molecule has 5 rings (SSSR count). The van der Waals surface area contributed by atoms with Crippen molar-refractivity contribution in [1.29, 1.82) is 0 Å². The van der Waals surface area contributed by atoms with E-state index in [0.29, 0.717) is 41.5 Å². The Labute approximate surface area is 160 Å². The summed E-state index contributed by atoms with van der Waals surface area (Å²) in [7, 11) is 0. The van der Waals surface area contributed by atoms with Gasteiger partial charge in [0.25, 0.3) is 5.91 Å². The number of carbonyl (C=O) groups excluding carboxylic acids is 1. The van der Waals surface area contributed by atoms with Gasteiger partial charge in [-0.05, 0) is 31.0 Å². The number of rotatable bonds is 5. The normalized spacial score (nSPS) is 17.8. The molecule has 1 amide bonds. The average Bonchev–Trinajstić information content (AvgIpc) is 3.29. The summed E-state index contributed by atoms with van der Waals surface area (Å²) in [6, 6.07) is 4.70. The van der Waals surface area contributed by atoms with Crippen molar-refractivity contribution in [1.82, 2.24) is 25.5 Å². The van der Waals surface area contributed by atoms with Crippen LogP contribution >= 0.6 is 0 Å². The Bertz CT molecular complexity index is 1030. The van der Waals surface area contributed by atoms with E-state index in [1.165, 1.54) is 18.5 Å². The van der Waals surface area contributed by atoms with Gasteiger partial charge < -0.3 is 10.1 Å². The number of halogens is 1. The minimum atomic E-state index is -0.338. The highest BCUT2D eigenvalue weighted by Crippen LogP contribution is 2.40. The molecule has 1 saturated carbocycles. The maximum Gasteiger partial charge on any atom is 0.271 e. The lowest BCUT2D eigenvalue weighted by atomic mass is 10.0. The van der Waals surface area contributed by atoms with Crippen LogP contribution in [0.4, 0.5) is 4.39 Å². The molecular formula is C20H18FN5O2. The van der Waals surface area contributed by atoms with Crippen LogP contribution in [0.25, 0.3) is 11.1 Å². The number of H-pyrrole nitrogens is 1. The average molecular weight is 379 g/mol. The topological polar surface area (TPSA) is 92.8 Å². The van der Waals surface area contributed by atoms with E-state index >= 15 is 0 Å². The molecule has 2 aromatic heterocycles. The van der Waals surface area contributed by atoms with Gasteiger partial charge in [-0.3, -0.25) is 9.89 Å². The smallest absolute Gasteiger partial charge is 0.271 e. The third-order valence-electron chi connectivity index (χ3n) is 5.07. The standard InChI is InChI=1S/C20H18FN5O2/c21-14-3-12-4-15(28-19(12)16(5-14)13-7-22-10-23-8-13)9-24-20(27)18-6-17(25-26-18)11-1-2-11/h3,5-8,10-11,15H,1-2,4,9H2,(H,24,27)(H,25,26). The van der Waals surface area contributed by atoms with Crippen LogP contribution in [0.5, 0.6) is 5.75 Å². The first-order chi connectivity index (χ1) is 13.7.